The van der Waals surface area contributed by atoms with Gasteiger partial charge in [0.2, 0.25) is 0 Å². The average Bonchev–Trinajstić information content (AvgIpc) is 3.23. The van der Waals surface area contributed by atoms with Crippen LogP contribution in [0.3, 0.4) is 0 Å². The zero-order valence-corrected chi connectivity index (χ0v) is 11.0. The number of aryl methyl sites for hydroxylation is 1. The van der Waals surface area contributed by atoms with Crippen molar-refractivity contribution in [2.75, 3.05) is 6.54 Å². The van der Waals surface area contributed by atoms with Gasteiger partial charge in [-0.2, -0.15) is 0 Å². The Labute approximate surface area is 113 Å². The molecule has 1 saturated carbocycles. The molecule has 0 bridgehead atoms. The molecule has 19 heavy (non-hydrogen) atoms. The van der Waals surface area contributed by atoms with Crippen LogP contribution in [0, 0.1) is 0 Å². The highest BCUT2D eigenvalue weighted by atomic mass is 16.2. The molecule has 0 saturated heterocycles. The van der Waals surface area contributed by atoms with Gasteiger partial charge in [-0.25, -0.2) is 0 Å². The molecular weight excluding hydrogens is 240 g/mol. The Balaban J connectivity index is 1.53. The van der Waals surface area contributed by atoms with Gasteiger partial charge in [0, 0.05) is 12.6 Å². The number of rotatable bonds is 6. The summed E-state index contributed by atoms with van der Waals surface area (Å²) < 4.78 is 0. The van der Waals surface area contributed by atoms with E-state index in [-0.39, 0.29) is 6.04 Å². The van der Waals surface area contributed by atoms with Crippen molar-refractivity contribution in [3.05, 3.63) is 35.9 Å². The van der Waals surface area contributed by atoms with Crippen LogP contribution in [0.1, 0.15) is 31.2 Å². The van der Waals surface area contributed by atoms with Crippen molar-refractivity contribution in [1.29, 1.82) is 0 Å². The Morgan fingerprint density at radius 2 is 1.79 bits per heavy atom. The summed E-state index contributed by atoms with van der Waals surface area (Å²) in [6, 6.07) is 10.5. The molecule has 0 aromatic heterocycles. The number of benzene rings is 1. The van der Waals surface area contributed by atoms with Crippen molar-refractivity contribution in [3.63, 3.8) is 0 Å². The average molecular weight is 260 g/mol. The molecule has 4 heteroatoms. The van der Waals surface area contributed by atoms with Gasteiger partial charge in [0.15, 0.2) is 0 Å². The number of unbranched alkanes of at least 4 members (excludes halogenated alkanes) is 1. The van der Waals surface area contributed by atoms with Crippen LogP contribution in [0.4, 0.5) is 0 Å². The molecule has 0 spiro atoms. The lowest BCUT2D eigenvalue weighted by atomic mass is 10.1. The van der Waals surface area contributed by atoms with Gasteiger partial charge < -0.3 is 10.6 Å². The first-order valence-electron chi connectivity index (χ1n) is 6.88. The summed E-state index contributed by atoms with van der Waals surface area (Å²) in [4.78, 5) is 22.8. The van der Waals surface area contributed by atoms with Gasteiger partial charge in [-0.15, -0.1) is 0 Å². The fraction of sp³-hybridized carbons (Fsp3) is 0.467. The number of carbonyl (C=O) groups excluding carboxylic acids is 2. The zero-order valence-electron chi connectivity index (χ0n) is 11.0. The van der Waals surface area contributed by atoms with Crippen LogP contribution in [-0.4, -0.2) is 24.4 Å². The number of amides is 2. The summed E-state index contributed by atoms with van der Waals surface area (Å²) >= 11 is 0. The number of hydrogen-bond donors (Lipinski definition) is 2. The van der Waals surface area contributed by atoms with Gasteiger partial charge in [0.05, 0.1) is 0 Å². The Bertz CT molecular complexity index is 427. The molecule has 2 rings (SSSR count). The van der Waals surface area contributed by atoms with E-state index in [0.29, 0.717) is 6.54 Å². The topological polar surface area (TPSA) is 58.2 Å². The molecule has 1 aliphatic rings. The molecule has 0 heterocycles. The maximum atomic E-state index is 11.4. The quantitative estimate of drug-likeness (QED) is 0.600. The molecule has 2 amide bonds. The van der Waals surface area contributed by atoms with Gasteiger partial charge in [0.25, 0.3) is 0 Å². The van der Waals surface area contributed by atoms with Gasteiger partial charge >= 0.3 is 11.8 Å². The first-order chi connectivity index (χ1) is 9.25. The second-order valence-electron chi connectivity index (χ2n) is 4.95. The first-order valence-corrected chi connectivity index (χ1v) is 6.88. The van der Waals surface area contributed by atoms with E-state index in [1.54, 1.807) is 0 Å². The van der Waals surface area contributed by atoms with E-state index in [4.69, 9.17) is 0 Å². The fourth-order valence-electron chi connectivity index (χ4n) is 1.86. The summed E-state index contributed by atoms with van der Waals surface area (Å²) in [5.41, 5.74) is 1.31. The van der Waals surface area contributed by atoms with E-state index in [1.807, 2.05) is 18.2 Å². The Morgan fingerprint density at radius 1 is 1.05 bits per heavy atom. The minimum absolute atomic E-state index is 0.233. The normalized spacial score (nSPS) is 13.9. The van der Waals surface area contributed by atoms with Crippen LogP contribution in [-0.2, 0) is 16.0 Å². The fourth-order valence-corrected chi connectivity index (χ4v) is 1.86. The standard InChI is InChI=1S/C15H20N2O2/c18-14(15(19)17-13-9-10-13)16-11-5-4-8-12-6-2-1-3-7-12/h1-3,6-7,13H,4-5,8-11H2,(H,16,18)(H,17,19). The number of nitrogens with one attached hydrogen (secondary N) is 2. The maximum Gasteiger partial charge on any atom is 0.309 e. The molecule has 4 nitrogen and oxygen atoms in total. The third kappa shape index (κ3) is 5.12. The molecule has 1 aromatic rings. The highest BCUT2D eigenvalue weighted by Crippen LogP contribution is 2.18. The predicted octanol–water partition coefficient (Wildman–Crippen LogP) is 1.40. The molecular formula is C15H20N2O2. The lowest BCUT2D eigenvalue weighted by Crippen LogP contribution is -2.41. The molecule has 1 fully saturated rings. The van der Waals surface area contributed by atoms with E-state index >= 15 is 0 Å². The van der Waals surface area contributed by atoms with Crippen molar-refractivity contribution in [2.45, 2.75) is 38.1 Å². The van der Waals surface area contributed by atoms with Crippen LogP contribution in [0.5, 0.6) is 0 Å². The lowest BCUT2D eigenvalue weighted by Gasteiger charge is -2.05. The Hall–Kier alpha value is -1.84. The molecule has 0 radical (unpaired) electrons. The smallest absolute Gasteiger partial charge is 0.309 e. The summed E-state index contributed by atoms with van der Waals surface area (Å²) in [5.74, 6) is -1.00. The Morgan fingerprint density at radius 3 is 2.47 bits per heavy atom. The maximum absolute atomic E-state index is 11.4. The van der Waals surface area contributed by atoms with Crippen LogP contribution in [0.25, 0.3) is 0 Å². The highest BCUT2D eigenvalue weighted by molar-refractivity contribution is 6.35. The summed E-state index contributed by atoms with van der Waals surface area (Å²) in [5, 5.41) is 5.32. The molecule has 1 aromatic carbocycles. The van der Waals surface area contributed by atoms with Gasteiger partial charge in [0.1, 0.15) is 0 Å². The van der Waals surface area contributed by atoms with E-state index in [9.17, 15) is 9.59 Å². The van der Waals surface area contributed by atoms with E-state index < -0.39 is 11.8 Å². The molecule has 0 atom stereocenters. The monoisotopic (exact) mass is 260 g/mol. The third-order valence-corrected chi connectivity index (χ3v) is 3.14. The van der Waals surface area contributed by atoms with Gasteiger partial charge in [-0.05, 0) is 37.7 Å². The van der Waals surface area contributed by atoms with Crippen molar-refractivity contribution in [3.8, 4) is 0 Å². The second-order valence-corrected chi connectivity index (χ2v) is 4.95. The van der Waals surface area contributed by atoms with Crippen molar-refractivity contribution < 1.29 is 9.59 Å². The van der Waals surface area contributed by atoms with Gasteiger partial charge in [-0.3, -0.25) is 9.59 Å². The molecule has 2 N–H and O–H groups in total. The lowest BCUT2D eigenvalue weighted by molar-refractivity contribution is -0.139. The Kier molecular flexibility index (Phi) is 4.95. The number of hydrogen-bond acceptors (Lipinski definition) is 2. The summed E-state index contributed by atoms with van der Waals surface area (Å²) in [7, 11) is 0. The summed E-state index contributed by atoms with van der Waals surface area (Å²) in [6.45, 7) is 0.559. The second kappa shape index (κ2) is 6.92. The predicted molar refractivity (Wildman–Crippen MR) is 73.6 cm³/mol. The van der Waals surface area contributed by atoms with E-state index in [1.165, 1.54) is 5.56 Å². The van der Waals surface area contributed by atoms with Crippen LogP contribution in [0.2, 0.25) is 0 Å². The minimum Gasteiger partial charge on any atom is -0.348 e. The first kappa shape index (κ1) is 13.6. The molecule has 0 unspecified atom stereocenters. The van der Waals surface area contributed by atoms with Crippen molar-refractivity contribution in [1.82, 2.24) is 10.6 Å². The minimum atomic E-state index is -0.508. The number of carbonyl (C=O) groups is 2. The van der Waals surface area contributed by atoms with Gasteiger partial charge in [-0.1, -0.05) is 30.3 Å². The molecule has 1 aliphatic carbocycles. The van der Waals surface area contributed by atoms with Crippen LogP contribution < -0.4 is 10.6 Å². The van der Waals surface area contributed by atoms with Crippen LogP contribution >= 0.6 is 0 Å². The SMILES string of the molecule is O=C(NCCCCc1ccccc1)C(=O)NC1CC1. The van der Waals surface area contributed by atoms with Crippen molar-refractivity contribution in [2.24, 2.45) is 0 Å². The third-order valence-electron chi connectivity index (χ3n) is 3.14. The molecule has 0 aliphatic heterocycles. The zero-order chi connectivity index (χ0) is 13.5. The molecule has 102 valence electrons. The van der Waals surface area contributed by atoms with E-state index in [0.717, 1.165) is 32.1 Å². The largest absolute Gasteiger partial charge is 0.348 e. The van der Waals surface area contributed by atoms with E-state index in [2.05, 4.69) is 22.8 Å². The van der Waals surface area contributed by atoms with Crippen LogP contribution in [0.15, 0.2) is 30.3 Å². The van der Waals surface area contributed by atoms with Crippen molar-refractivity contribution >= 4 is 11.8 Å². The summed E-state index contributed by atoms with van der Waals surface area (Å²) in [6.07, 6.45) is 4.89. The highest BCUT2D eigenvalue weighted by Gasteiger charge is 2.25.